The van der Waals surface area contributed by atoms with Gasteiger partial charge in [0.1, 0.15) is 5.82 Å². The summed E-state index contributed by atoms with van der Waals surface area (Å²) in [6, 6.07) is 10.3. The van der Waals surface area contributed by atoms with Gasteiger partial charge in [-0.05, 0) is 42.5 Å². The van der Waals surface area contributed by atoms with Crippen molar-refractivity contribution in [2.75, 3.05) is 7.11 Å². The van der Waals surface area contributed by atoms with E-state index in [1.165, 1.54) is 43.5 Å². The lowest BCUT2D eigenvalue weighted by molar-refractivity contribution is 0.104. The normalized spacial score (nSPS) is 10.7. The lowest BCUT2D eigenvalue weighted by Crippen LogP contribution is -1.94. The zero-order valence-electron chi connectivity index (χ0n) is 10.8. The fourth-order valence-electron chi connectivity index (χ4n) is 1.71. The zero-order chi connectivity index (χ0) is 14.5. The number of ether oxygens (including phenoxy) is 1. The molecule has 2 aromatic carbocycles. The van der Waals surface area contributed by atoms with Crippen molar-refractivity contribution in [3.63, 3.8) is 0 Å². The molecule has 0 aliphatic carbocycles. The van der Waals surface area contributed by atoms with Crippen LogP contribution >= 0.6 is 0 Å². The number of carbonyl (C=O) groups is 1. The number of methoxy groups -OCH3 is 1. The first-order valence-electron chi connectivity index (χ1n) is 5.96. The summed E-state index contributed by atoms with van der Waals surface area (Å²) in [6.07, 6.45) is 2.81. The highest BCUT2D eigenvalue weighted by atomic mass is 19.1. The van der Waals surface area contributed by atoms with Crippen molar-refractivity contribution in [1.82, 2.24) is 0 Å². The molecule has 0 saturated carbocycles. The lowest BCUT2D eigenvalue weighted by atomic mass is 10.1. The first kappa shape index (κ1) is 13.8. The molecule has 0 fully saturated rings. The monoisotopic (exact) mass is 272 g/mol. The van der Waals surface area contributed by atoms with Gasteiger partial charge in [-0.15, -0.1) is 0 Å². The Hall–Kier alpha value is -2.62. The van der Waals surface area contributed by atoms with Crippen LogP contribution in [0, 0.1) is 5.82 Å². The minimum atomic E-state index is -0.393. The van der Waals surface area contributed by atoms with Crippen LogP contribution in [-0.4, -0.2) is 18.0 Å². The fourth-order valence-corrected chi connectivity index (χ4v) is 1.71. The number of halogens is 1. The molecule has 0 saturated heterocycles. The van der Waals surface area contributed by atoms with Crippen molar-refractivity contribution in [2.45, 2.75) is 0 Å². The molecule has 0 bridgehead atoms. The van der Waals surface area contributed by atoms with Crippen LogP contribution in [0.15, 0.2) is 48.5 Å². The smallest absolute Gasteiger partial charge is 0.185 e. The number of carbonyl (C=O) groups excluding carboxylic acids is 1. The quantitative estimate of drug-likeness (QED) is 0.685. The molecule has 0 radical (unpaired) electrons. The van der Waals surface area contributed by atoms with Crippen molar-refractivity contribution in [3.05, 3.63) is 65.5 Å². The van der Waals surface area contributed by atoms with Crippen LogP contribution in [0.4, 0.5) is 4.39 Å². The molecule has 4 heteroatoms. The highest BCUT2D eigenvalue weighted by Gasteiger charge is 2.06. The van der Waals surface area contributed by atoms with Gasteiger partial charge >= 0.3 is 0 Å². The minimum Gasteiger partial charge on any atom is -0.504 e. The summed E-state index contributed by atoms with van der Waals surface area (Å²) in [4.78, 5) is 11.9. The third kappa shape index (κ3) is 3.03. The summed E-state index contributed by atoms with van der Waals surface area (Å²) in [7, 11) is 1.45. The number of aromatic hydroxyl groups is 1. The largest absolute Gasteiger partial charge is 0.504 e. The molecule has 0 aliphatic rings. The van der Waals surface area contributed by atoms with Crippen LogP contribution in [0.1, 0.15) is 15.9 Å². The Morgan fingerprint density at radius 2 is 1.90 bits per heavy atom. The molecule has 0 aromatic heterocycles. The summed E-state index contributed by atoms with van der Waals surface area (Å²) in [5.74, 6) is -0.359. The summed E-state index contributed by atoms with van der Waals surface area (Å²) >= 11 is 0. The molecule has 0 atom stereocenters. The highest BCUT2D eigenvalue weighted by Crippen LogP contribution is 2.30. The van der Waals surface area contributed by atoms with Crippen molar-refractivity contribution in [1.29, 1.82) is 0 Å². The third-order valence-corrected chi connectivity index (χ3v) is 2.79. The van der Waals surface area contributed by atoms with Crippen molar-refractivity contribution < 1.29 is 19.0 Å². The number of allylic oxidation sites excluding steroid dienone is 1. The van der Waals surface area contributed by atoms with Gasteiger partial charge in [0, 0.05) is 11.1 Å². The molecule has 102 valence electrons. The maximum Gasteiger partial charge on any atom is 0.185 e. The number of hydrogen-bond donors (Lipinski definition) is 1. The highest BCUT2D eigenvalue weighted by molar-refractivity contribution is 6.06. The number of benzene rings is 2. The predicted molar refractivity (Wildman–Crippen MR) is 74.4 cm³/mol. The molecule has 0 spiro atoms. The van der Waals surface area contributed by atoms with E-state index in [9.17, 15) is 14.3 Å². The lowest BCUT2D eigenvalue weighted by Gasteiger charge is -2.05. The van der Waals surface area contributed by atoms with E-state index >= 15 is 0 Å². The van der Waals surface area contributed by atoms with E-state index in [1.807, 2.05) is 0 Å². The molecule has 0 aliphatic heterocycles. The molecular weight excluding hydrogens is 259 g/mol. The van der Waals surface area contributed by atoms with E-state index in [1.54, 1.807) is 18.2 Å². The van der Waals surface area contributed by atoms with Gasteiger partial charge in [-0.2, -0.15) is 0 Å². The number of hydrogen-bond acceptors (Lipinski definition) is 3. The Morgan fingerprint density at radius 3 is 2.55 bits per heavy atom. The molecule has 20 heavy (non-hydrogen) atoms. The van der Waals surface area contributed by atoms with E-state index in [-0.39, 0.29) is 11.5 Å². The Kier molecular flexibility index (Phi) is 4.15. The number of para-hydroxylation sites is 1. The summed E-state index contributed by atoms with van der Waals surface area (Å²) in [6.45, 7) is 0. The Morgan fingerprint density at radius 1 is 1.20 bits per heavy atom. The maximum atomic E-state index is 12.8. The van der Waals surface area contributed by atoms with Gasteiger partial charge in [-0.25, -0.2) is 4.39 Å². The third-order valence-electron chi connectivity index (χ3n) is 2.79. The Bertz CT molecular complexity index is 645. The van der Waals surface area contributed by atoms with Gasteiger partial charge in [0.2, 0.25) is 0 Å². The Labute approximate surface area is 115 Å². The second-order valence-corrected chi connectivity index (χ2v) is 4.10. The van der Waals surface area contributed by atoms with Crippen LogP contribution in [0.5, 0.6) is 11.5 Å². The summed E-state index contributed by atoms with van der Waals surface area (Å²) < 4.78 is 17.7. The fraction of sp³-hybridized carbons (Fsp3) is 0.0625. The van der Waals surface area contributed by atoms with E-state index < -0.39 is 5.82 Å². The second-order valence-electron chi connectivity index (χ2n) is 4.10. The summed E-state index contributed by atoms with van der Waals surface area (Å²) in [5, 5.41) is 9.87. The van der Waals surface area contributed by atoms with Crippen molar-refractivity contribution in [2.24, 2.45) is 0 Å². The van der Waals surface area contributed by atoms with Gasteiger partial charge in [0.05, 0.1) is 7.11 Å². The number of phenolic OH excluding ortho intramolecular Hbond substituents is 1. The van der Waals surface area contributed by atoms with Crippen LogP contribution in [0.2, 0.25) is 0 Å². The van der Waals surface area contributed by atoms with Crippen LogP contribution in [0.25, 0.3) is 6.08 Å². The number of phenols is 1. The van der Waals surface area contributed by atoms with E-state index in [2.05, 4.69) is 0 Å². The average Bonchev–Trinajstić information content (AvgIpc) is 2.46. The minimum absolute atomic E-state index is 0.0295. The first-order chi connectivity index (χ1) is 9.61. The predicted octanol–water partition coefficient (Wildman–Crippen LogP) is 3.44. The molecule has 0 amide bonds. The van der Waals surface area contributed by atoms with Crippen LogP contribution < -0.4 is 4.74 Å². The number of ketones is 1. The van der Waals surface area contributed by atoms with Gasteiger partial charge < -0.3 is 9.84 Å². The van der Waals surface area contributed by atoms with Gasteiger partial charge in [-0.3, -0.25) is 4.79 Å². The topological polar surface area (TPSA) is 46.5 Å². The second kappa shape index (κ2) is 6.02. The molecule has 2 rings (SSSR count). The van der Waals surface area contributed by atoms with Gasteiger partial charge in [-0.1, -0.05) is 12.1 Å². The average molecular weight is 272 g/mol. The van der Waals surface area contributed by atoms with E-state index in [0.29, 0.717) is 16.9 Å². The van der Waals surface area contributed by atoms with Crippen LogP contribution in [-0.2, 0) is 0 Å². The van der Waals surface area contributed by atoms with E-state index in [0.717, 1.165) is 0 Å². The maximum absolute atomic E-state index is 12.8. The van der Waals surface area contributed by atoms with Gasteiger partial charge in [0.25, 0.3) is 0 Å². The zero-order valence-corrected chi connectivity index (χ0v) is 10.8. The number of rotatable bonds is 4. The summed E-state index contributed by atoms with van der Waals surface area (Å²) in [5.41, 5.74) is 0.852. The SMILES string of the molecule is COc1cccc(/C=C/C(=O)c2ccc(F)cc2)c1O. The molecule has 1 N–H and O–H groups in total. The van der Waals surface area contributed by atoms with E-state index in [4.69, 9.17) is 4.74 Å². The molecular formula is C16H13FO3. The standard InChI is InChI=1S/C16H13FO3/c1-20-15-4-2-3-12(16(15)19)7-10-14(18)11-5-8-13(17)9-6-11/h2-10,19H,1H3/b10-7+. The van der Waals surface area contributed by atoms with Crippen LogP contribution in [0.3, 0.4) is 0 Å². The molecule has 0 heterocycles. The van der Waals surface area contributed by atoms with Crippen molar-refractivity contribution >= 4 is 11.9 Å². The molecule has 2 aromatic rings. The molecule has 3 nitrogen and oxygen atoms in total. The first-order valence-corrected chi connectivity index (χ1v) is 5.96. The van der Waals surface area contributed by atoms with Gasteiger partial charge in [0.15, 0.2) is 17.3 Å². The Balaban J connectivity index is 2.21. The molecule has 0 unspecified atom stereocenters. The van der Waals surface area contributed by atoms with Crippen molar-refractivity contribution in [3.8, 4) is 11.5 Å².